The minimum absolute atomic E-state index is 0.0252. The van der Waals surface area contributed by atoms with Gasteiger partial charge in [0.05, 0.1) is 24.9 Å². The van der Waals surface area contributed by atoms with E-state index in [0.29, 0.717) is 38.7 Å². The van der Waals surface area contributed by atoms with Gasteiger partial charge in [-0.1, -0.05) is 12.1 Å². The molecule has 2 heterocycles. The molecule has 7 nitrogen and oxygen atoms in total. The van der Waals surface area contributed by atoms with Crippen molar-refractivity contribution in [3.63, 3.8) is 0 Å². The number of aromatic nitrogens is 1. The number of halogens is 1. The third kappa shape index (κ3) is 4.62. The molecule has 0 atom stereocenters. The second-order valence-electron chi connectivity index (χ2n) is 6.93. The van der Waals surface area contributed by atoms with Gasteiger partial charge in [-0.05, 0) is 37.3 Å². The van der Waals surface area contributed by atoms with E-state index in [1.165, 1.54) is 36.6 Å². The number of hydrogen-bond donors (Lipinski definition) is 1. The highest BCUT2D eigenvalue weighted by molar-refractivity contribution is 7.09. The summed E-state index contributed by atoms with van der Waals surface area (Å²) in [7, 11) is 1.53. The maximum absolute atomic E-state index is 13.4. The molecule has 32 heavy (non-hydrogen) atoms. The van der Waals surface area contributed by atoms with Gasteiger partial charge in [-0.25, -0.2) is 14.2 Å². The molecule has 0 saturated carbocycles. The number of ether oxygens (including phenoxy) is 2. The molecule has 0 radical (unpaired) electrons. The van der Waals surface area contributed by atoms with Crippen LogP contribution in [0.3, 0.4) is 0 Å². The Morgan fingerprint density at radius 3 is 2.84 bits per heavy atom. The molecular weight excluding hydrogens is 435 g/mol. The van der Waals surface area contributed by atoms with Crippen LogP contribution < -0.4 is 10.1 Å². The van der Waals surface area contributed by atoms with E-state index in [4.69, 9.17) is 13.9 Å². The lowest BCUT2D eigenvalue weighted by Crippen LogP contribution is -2.15. The van der Waals surface area contributed by atoms with Crippen molar-refractivity contribution in [3.8, 4) is 5.75 Å². The highest BCUT2D eigenvalue weighted by Gasteiger charge is 2.20. The van der Waals surface area contributed by atoms with Crippen molar-refractivity contribution in [1.82, 2.24) is 4.98 Å². The Hall–Kier alpha value is -3.72. The highest BCUT2D eigenvalue weighted by atomic mass is 32.1. The molecule has 164 valence electrons. The third-order valence-corrected chi connectivity index (χ3v) is 5.62. The van der Waals surface area contributed by atoms with Crippen LogP contribution in [0, 0.1) is 12.7 Å². The molecule has 0 aliphatic carbocycles. The van der Waals surface area contributed by atoms with E-state index in [1.807, 2.05) is 6.07 Å². The van der Waals surface area contributed by atoms with Gasteiger partial charge in [0.2, 0.25) is 11.7 Å². The Morgan fingerprint density at radius 2 is 2.03 bits per heavy atom. The molecular formula is C23H19FN2O5S. The Labute approximate surface area is 186 Å². The van der Waals surface area contributed by atoms with Gasteiger partial charge in [-0.2, -0.15) is 0 Å². The quantitative estimate of drug-likeness (QED) is 0.400. The Bertz CT molecular complexity index is 1300. The number of methoxy groups -OCH3 is 1. The van der Waals surface area contributed by atoms with Gasteiger partial charge < -0.3 is 19.2 Å². The number of para-hydroxylation sites is 2. The predicted molar refractivity (Wildman–Crippen MR) is 117 cm³/mol. The summed E-state index contributed by atoms with van der Waals surface area (Å²) >= 11 is 1.29. The molecule has 1 N–H and O–H groups in total. The van der Waals surface area contributed by atoms with Gasteiger partial charge in [-0.3, -0.25) is 4.79 Å². The number of furan rings is 1. The fraction of sp³-hybridized carbons (Fsp3) is 0.174. The molecule has 2 aromatic carbocycles. The van der Waals surface area contributed by atoms with E-state index in [0.717, 1.165) is 0 Å². The zero-order chi connectivity index (χ0) is 22.7. The zero-order valence-corrected chi connectivity index (χ0v) is 18.1. The first-order valence-corrected chi connectivity index (χ1v) is 10.5. The van der Waals surface area contributed by atoms with Crippen LogP contribution in [0.5, 0.6) is 5.75 Å². The van der Waals surface area contributed by atoms with Crippen LogP contribution in [0.4, 0.5) is 10.1 Å². The Balaban J connectivity index is 1.36. The first-order chi connectivity index (χ1) is 15.4. The maximum Gasteiger partial charge on any atom is 0.374 e. The summed E-state index contributed by atoms with van der Waals surface area (Å²) in [5.41, 5.74) is 2.01. The zero-order valence-electron chi connectivity index (χ0n) is 17.3. The van der Waals surface area contributed by atoms with Crippen LogP contribution in [-0.2, 0) is 22.6 Å². The first-order valence-electron chi connectivity index (χ1n) is 9.66. The smallest absolute Gasteiger partial charge is 0.374 e. The number of amides is 1. The molecule has 9 heteroatoms. The van der Waals surface area contributed by atoms with Gasteiger partial charge in [0, 0.05) is 16.3 Å². The van der Waals surface area contributed by atoms with E-state index < -0.39 is 11.8 Å². The summed E-state index contributed by atoms with van der Waals surface area (Å²) < 4.78 is 29.5. The Kier molecular flexibility index (Phi) is 6.18. The third-order valence-electron chi connectivity index (χ3n) is 4.73. The molecule has 0 aliphatic heterocycles. The number of aryl methyl sites for hydroxylation is 1. The number of nitrogens with zero attached hydrogens (tertiary/aromatic N) is 1. The summed E-state index contributed by atoms with van der Waals surface area (Å²) in [4.78, 5) is 29.1. The van der Waals surface area contributed by atoms with E-state index in [2.05, 4.69) is 10.3 Å². The van der Waals surface area contributed by atoms with E-state index in [-0.39, 0.29) is 24.7 Å². The molecule has 1 amide bonds. The summed E-state index contributed by atoms with van der Waals surface area (Å²) in [6.07, 6.45) is 0.0743. The number of benzene rings is 2. The van der Waals surface area contributed by atoms with Crippen molar-refractivity contribution in [1.29, 1.82) is 0 Å². The summed E-state index contributed by atoms with van der Waals surface area (Å²) in [5, 5.41) is 5.62. The second kappa shape index (κ2) is 9.19. The minimum Gasteiger partial charge on any atom is -0.495 e. The van der Waals surface area contributed by atoms with Gasteiger partial charge in [0.25, 0.3) is 0 Å². The van der Waals surface area contributed by atoms with Crippen LogP contribution in [-0.4, -0.2) is 24.0 Å². The van der Waals surface area contributed by atoms with Crippen molar-refractivity contribution in [2.24, 2.45) is 0 Å². The first kappa shape index (κ1) is 21.5. The number of nitrogens with one attached hydrogen (secondary N) is 1. The lowest BCUT2D eigenvalue weighted by molar-refractivity contribution is -0.115. The number of anilines is 1. The number of rotatable bonds is 7. The largest absolute Gasteiger partial charge is 0.495 e. The average molecular weight is 454 g/mol. The fourth-order valence-electron chi connectivity index (χ4n) is 3.17. The van der Waals surface area contributed by atoms with E-state index >= 15 is 0 Å². The second-order valence-corrected chi connectivity index (χ2v) is 7.87. The van der Waals surface area contributed by atoms with Crippen molar-refractivity contribution in [3.05, 3.63) is 75.7 Å². The molecule has 0 unspecified atom stereocenters. The number of fused-ring (bicyclic) bond motifs is 1. The number of thiazole rings is 1. The van der Waals surface area contributed by atoms with Gasteiger partial charge in [-0.15, -0.1) is 11.3 Å². The van der Waals surface area contributed by atoms with Crippen molar-refractivity contribution in [2.75, 3.05) is 12.4 Å². The molecule has 0 saturated heterocycles. The molecule has 0 spiro atoms. The molecule has 4 aromatic rings. The maximum atomic E-state index is 13.4. The summed E-state index contributed by atoms with van der Waals surface area (Å²) in [6.45, 7) is 1.59. The highest BCUT2D eigenvalue weighted by Crippen LogP contribution is 2.27. The van der Waals surface area contributed by atoms with Crippen molar-refractivity contribution in [2.45, 2.75) is 20.0 Å². The normalized spacial score (nSPS) is 10.8. The number of esters is 1. The van der Waals surface area contributed by atoms with Gasteiger partial charge in [0.15, 0.2) is 0 Å². The molecule has 2 aromatic heterocycles. The molecule has 0 bridgehead atoms. The van der Waals surface area contributed by atoms with Crippen LogP contribution >= 0.6 is 11.3 Å². The van der Waals surface area contributed by atoms with Gasteiger partial charge >= 0.3 is 5.97 Å². The molecule has 0 aliphatic rings. The van der Waals surface area contributed by atoms with Crippen molar-refractivity contribution < 1.29 is 27.9 Å². The number of hydrogen-bond acceptors (Lipinski definition) is 7. The SMILES string of the molecule is COc1ccccc1NC(=O)Cc1nc(COC(=O)c2oc3ccc(F)cc3c2C)cs1. The van der Waals surface area contributed by atoms with Crippen LogP contribution in [0.1, 0.15) is 26.8 Å². The lowest BCUT2D eigenvalue weighted by atomic mass is 10.1. The van der Waals surface area contributed by atoms with Crippen molar-refractivity contribution >= 4 is 39.9 Å². The predicted octanol–water partition coefficient (Wildman–Crippen LogP) is 4.88. The summed E-state index contributed by atoms with van der Waals surface area (Å²) in [5.74, 6) is -0.723. The van der Waals surface area contributed by atoms with Crippen LogP contribution in [0.15, 0.2) is 52.3 Å². The topological polar surface area (TPSA) is 90.7 Å². The standard InChI is InChI=1S/C23H19FN2O5S/c1-13-16-9-14(24)7-8-18(16)31-22(13)23(28)30-11-15-12-32-21(25-15)10-20(27)26-17-5-3-4-6-19(17)29-2/h3-9,12H,10-11H2,1-2H3,(H,26,27). The van der Waals surface area contributed by atoms with Gasteiger partial charge in [0.1, 0.15) is 28.8 Å². The monoisotopic (exact) mass is 454 g/mol. The minimum atomic E-state index is -0.664. The summed E-state index contributed by atoms with van der Waals surface area (Å²) in [6, 6.07) is 11.2. The number of carbonyl (C=O) groups is 2. The Morgan fingerprint density at radius 1 is 1.22 bits per heavy atom. The number of carbonyl (C=O) groups excluding carboxylic acids is 2. The van der Waals surface area contributed by atoms with E-state index in [9.17, 15) is 14.0 Å². The van der Waals surface area contributed by atoms with Crippen LogP contribution in [0.25, 0.3) is 11.0 Å². The van der Waals surface area contributed by atoms with E-state index in [1.54, 1.807) is 30.5 Å². The fourth-order valence-corrected chi connectivity index (χ4v) is 3.95. The van der Waals surface area contributed by atoms with Crippen LogP contribution in [0.2, 0.25) is 0 Å². The average Bonchev–Trinajstić information content (AvgIpc) is 3.36. The lowest BCUT2D eigenvalue weighted by Gasteiger charge is -2.08. The molecule has 4 rings (SSSR count). The molecule has 0 fully saturated rings.